The van der Waals surface area contributed by atoms with Gasteiger partial charge in [-0.2, -0.15) is 0 Å². The second-order valence-corrected chi connectivity index (χ2v) is 5.87. The van der Waals surface area contributed by atoms with Crippen LogP contribution in [0.3, 0.4) is 0 Å². The van der Waals surface area contributed by atoms with Gasteiger partial charge in [-0.05, 0) is 34.5 Å². The molecule has 0 bridgehead atoms. The van der Waals surface area contributed by atoms with Crippen molar-refractivity contribution in [2.75, 3.05) is 6.61 Å². The summed E-state index contributed by atoms with van der Waals surface area (Å²) < 4.78 is 25.0. The van der Waals surface area contributed by atoms with E-state index >= 15 is 0 Å². The zero-order chi connectivity index (χ0) is 15.5. The lowest BCUT2D eigenvalue weighted by atomic mass is 9.94. The third-order valence-electron chi connectivity index (χ3n) is 3.62. The van der Waals surface area contributed by atoms with E-state index in [2.05, 4.69) is 15.9 Å². The maximum absolute atomic E-state index is 13.7. The normalized spacial score (nSPS) is 18.0. The lowest BCUT2D eigenvalue weighted by molar-refractivity contribution is -0.109. The minimum Gasteiger partial charge on any atom is -0.493 e. The summed E-state index contributed by atoms with van der Waals surface area (Å²) in [5.74, 6) is 0.730. The van der Waals surface area contributed by atoms with E-state index in [1.54, 1.807) is 30.3 Å². The van der Waals surface area contributed by atoms with E-state index in [4.69, 9.17) is 9.47 Å². The molecule has 0 fully saturated rings. The number of halogens is 2. The minimum absolute atomic E-state index is 0.135. The van der Waals surface area contributed by atoms with Gasteiger partial charge in [-0.1, -0.05) is 24.3 Å². The molecule has 114 valence electrons. The quantitative estimate of drug-likeness (QED) is 0.597. The average Bonchev–Trinajstić information content (AvgIpc) is 2.54. The van der Waals surface area contributed by atoms with E-state index in [1.165, 1.54) is 6.07 Å². The van der Waals surface area contributed by atoms with Crippen LogP contribution in [0.25, 0.3) is 0 Å². The molecule has 0 saturated carbocycles. The van der Waals surface area contributed by atoms with E-state index in [9.17, 15) is 9.18 Å². The molecule has 1 aliphatic rings. The van der Waals surface area contributed by atoms with E-state index in [1.807, 2.05) is 6.07 Å². The van der Waals surface area contributed by atoms with Gasteiger partial charge in [0.15, 0.2) is 5.01 Å². The molecule has 0 N–H and O–H groups in total. The van der Waals surface area contributed by atoms with Crippen molar-refractivity contribution in [1.82, 2.24) is 0 Å². The zero-order valence-corrected chi connectivity index (χ0v) is 13.3. The van der Waals surface area contributed by atoms with Crippen molar-refractivity contribution >= 4 is 22.2 Å². The summed E-state index contributed by atoms with van der Waals surface area (Å²) in [4.78, 5) is 11.1. The number of alkyl halides is 1. The lowest BCUT2D eigenvalue weighted by Gasteiger charge is -2.23. The van der Waals surface area contributed by atoms with E-state index in [-0.39, 0.29) is 11.7 Å². The summed E-state index contributed by atoms with van der Waals surface area (Å²) in [5.41, 5.74) is 1.29. The molecule has 5 heteroatoms. The van der Waals surface area contributed by atoms with Gasteiger partial charge in [0, 0.05) is 23.1 Å². The predicted octanol–water partition coefficient (Wildman–Crippen LogP) is 4.36. The SMILES string of the molecule is O=CC1CCOc2cc(OC(Br)c3ccccc3F)ccc21. The van der Waals surface area contributed by atoms with E-state index in [0.29, 0.717) is 30.1 Å². The van der Waals surface area contributed by atoms with Crippen molar-refractivity contribution in [2.45, 2.75) is 17.4 Å². The Morgan fingerprint density at radius 1 is 1.32 bits per heavy atom. The number of carbonyl (C=O) groups excluding carboxylic acids is 1. The van der Waals surface area contributed by atoms with Crippen molar-refractivity contribution < 1.29 is 18.7 Å². The fourth-order valence-corrected chi connectivity index (χ4v) is 3.04. The second kappa shape index (κ2) is 6.48. The Morgan fingerprint density at radius 2 is 2.14 bits per heavy atom. The van der Waals surface area contributed by atoms with Crippen LogP contribution in [0.2, 0.25) is 0 Å². The van der Waals surface area contributed by atoms with Crippen molar-refractivity contribution in [3.63, 3.8) is 0 Å². The van der Waals surface area contributed by atoms with Crippen molar-refractivity contribution in [2.24, 2.45) is 0 Å². The van der Waals surface area contributed by atoms with Crippen LogP contribution in [0.5, 0.6) is 11.5 Å². The Hall–Kier alpha value is -1.88. The third kappa shape index (κ3) is 2.99. The highest BCUT2D eigenvalue weighted by atomic mass is 79.9. The van der Waals surface area contributed by atoms with Crippen LogP contribution in [-0.2, 0) is 4.79 Å². The largest absolute Gasteiger partial charge is 0.493 e. The molecule has 0 amide bonds. The molecule has 1 aliphatic heterocycles. The molecule has 2 aromatic carbocycles. The molecule has 0 saturated heterocycles. The molecule has 0 spiro atoms. The van der Waals surface area contributed by atoms with E-state index in [0.717, 1.165) is 11.8 Å². The van der Waals surface area contributed by atoms with Gasteiger partial charge in [0.05, 0.1) is 6.61 Å². The Morgan fingerprint density at radius 3 is 2.91 bits per heavy atom. The first-order valence-electron chi connectivity index (χ1n) is 6.96. The Balaban J connectivity index is 1.82. The maximum atomic E-state index is 13.7. The summed E-state index contributed by atoms with van der Waals surface area (Å²) in [5, 5.41) is -0.600. The molecule has 3 rings (SSSR count). The first-order valence-corrected chi connectivity index (χ1v) is 7.88. The van der Waals surface area contributed by atoms with Crippen molar-refractivity contribution in [3.05, 3.63) is 59.4 Å². The van der Waals surface area contributed by atoms with Crippen LogP contribution < -0.4 is 9.47 Å². The molecule has 2 unspecified atom stereocenters. The summed E-state index contributed by atoms with van der Waals surface area (Å²) in [7, 11) is 0. The Labute approximate surface area is 136 Å². The molecule has 22 heavy (non-hydrogen) atoms. The number of aldehydes is 1. The highest BCUT2D eigenvalue weighted by Gasteiger charge is 2.22. The minimum atomic E-state index is -0.600. The molecule has 1 heterocycles. The number of carbonyl (C=O) groups is 1. The highest BCUT2D eigenvalue weighted by molar-refractivity contribution is 9.09. The summed E-state index contributed by atoms with van der Waals surface area (Å²) in [6.45, 7) is 0.505. The highest BCUT2D eigenvalue weighted by Crippen LogP contribution is 2.37. The van der Waals surface area contributed by atoms with Gasteiger partial charge in [0.2, 0.25) is 0 Å². The number of hydrogen-bond donors (Lipinski definition) is 0. The standard InChI is InChI=1S/C17H14BrFO3/c18-17(14-3-1-2-4-15(14)19)22-12-5-6-13-11(10-20)7-8-21-16(13)9-12/h1-6,9-11,17H,7-8H2. The van der Waals surface area contributed by atoms with Gasteiger partial charge < -0.3 is 14.3 Å². The van der Waals surface area contributed by atoms with Crippen LogP contribution >= 0.6 is 15.9 Å². The average molecular weight is 365 g/mol. The van der Waals surface area contributed by atoms with Gasteiger partial charge in [-0.25, -0.2) is 4.39 Å². The predicted molar refractivity (Wildman–Crippen MR) is 84.1 cm³/mol. The summed E-state index contributed by atoms with van der Waals surface area (Å²) in [6, 6.07) is 11.7. The fourth-order valence-electron chi connectivity index (χ4n) is 2.45. The molecule has 3 nitrogen and oxygen atoms in total. The number of hydrogen-bond acceptors (Lipinski definition) is 3. The van der Waals surface area contributed by atoms with Gasteiger partial charge in [0.25, 0.3) is 0 Å². The maximum Gasteiger partial charge on any atom is 0.181 e. The molecular formula is C17H14BrFO3. The number of ether oxygens (including phenoxy) is 2. The lowest BCUT2D eigenvalue weighted by Crippen LogP contribution is -2.15. The first kappa shape index (κ1) is 15.0. The fraction of sp³-hybridized carbons (Fsp3) is 0.235. The smallest absolute Gasteiger partial charge is 0.181 e. The zero-order valence-electron chi connectivity index (χ0n) is 11.7. The van der Waals surface area contributed by atoms with Gasteiger partial charge >= 0.3 is 0 Å². The first-order chi connectivity index (χ1) is 10.7. The van der Waals surface area contributed by atoms with Gasteiger partial charge in [-0.15, -0.1) is 0 Å². The van der Waals surface area contributed by atoms with Crippen molar-refractivity contribution in [1.29, 1.82) is 0 Å². The number of benzene rings is 2. The Bertz CT molecular complexity index is 689. The van der Waals surface area contributed by atoms with Crippen LogP contribution in [0.15, 0.2) is 42.5 Å². The molecule has 2 aromatic rings. The number of rotatable bonds is 4. The Kier molecular flexibility index (Phi) is 4.43. The second-order valence-electron chi connectivity index (χ2n) is 5.03. The summed E-state index contributed by atoms with van der Waals surface area (Å²) >= 11 is 3.34. The number of fused-ring (bicyclic) bond motifs is 1. The molecular weight excluding hydrogens is 351 g/mol. The molecule has 2 atom stereocenters. The third-order valence-corrected chi connectivity index (χ3v) is 4.30. The van der Waals surface area contributed by atoms with Gasteiger partial charge in [0.1, 0.15) is 23.6 Å². The van der Waals surface area contributed by atoms with Gasteiger partial charge in [-0.3, -0.25) is 0 Å². The molecule has 0 aromatic heterocycles. The monoisotopic (exact) mass is 364 g/mol. The van der Waals surface area contributed by atoms with Crippen LogP contribution in [-0.4, -0.2) is 12.9 Å². The van der Waals surface area contributed by atoms with Crippen LogP contribution in [0.4, 0.5) is 4.39 Å². The van der Waals surface area contributed by atoms with Crippen LogP contribution in [0.1, 0.15) is 28.5 Å². The van der Waals surface area contributed by atoms with E-state index < -0.39 is 5.01 Å². The summed E-state index contributed by atoms with van der Waals surface area (Å²) in [6.07, 6.45) is 1.63. The van der Waals surface area contributed by atoms with Crippen molar-refractivity contribution in [3.8, 4) is 11.5 Å². The van der Waals surface area contributed by atoms with Crippen LogP contribution in [0, 0.1) is 5.82 Å². The molecule has 0 radical (unpaired) electrons. The topological polar surface area (TPSA) is 35.5 Å². The molecule has 0 aliphatic carbocycles.